The molecule has 0 fully saturated rings. The molecule has 37 heavy (non-hydrogen) atoms. The van der Waals surface area contributed by atoms with E-state index >= 15 is 0 Å². The molecule has 0 spiro atoms. The minimum absolute atomic E-state index is 0.0738. The van der Waals surface area contributed by atoms with E-state index in [2.05, 4.69) is 37.7 Å². The van der Waals surface area contributed by atoms with E-state index in [4.69, 9.17) is 4.74 Å². The van der Waals surface area contributed by atoms with Crippen LogP contribution in [-0.4, -0.2) is 58.1 Å². The Morgan fingerprint density at radius 3 is 2.32 bits per heavy atom. The summed E-state index contributed by atoms with van der Waals surface area (Å²) in [7, 11) is -4.75. The Hall–Kier alpha value is -2.40. The van der Waals surface area contributed by atoms with Crippen LogP contribution in [0.25, 0.3) is 0 Å². The molecule has 2 aromatic carbocycles. The number of benzene rings is 2. The minimum atomic E-state index is -3.57. The molecule has 0 aliphatic heterocycles. The number of ether oxygens (including phenoxy) is 1. The number of carbonyl (C=O) groups is 1. The third-order valence-electron chi connectivity index (χ3n) is 7.02. The number of methoxy groups -OCH3 is 1. The second-order valence-electron chi connectivity index (χ2n) is 11.6. The van der Waals surface area contributed by atoms with E-state index in [1.807, 2.05) is 31.3 Å². The predicted octanol–water partition coefficient (Wildman–Crippen LogP) is 4.61. The van der Waals surface area contributed by atoms with Gasteiger partial charge in [0.05, 0.1) is 24.6 Å². The van der Waals surface area contributed by atoms with Gasteiger partial charge in [0.1, 0.15) is 5.75 Å². The smallest absolute Gasteiger partial charge is 0.337 e. The van der Waals surface area contributed by atoms with E-state index in [-0.39, 0.29) is 33.9 Å². The normalized spacial score (nSPS) is 13.8. The molecule has 2 aromatic rings. The molecule has 0 heterocycles. The van der Waals surface area contributed by atoms with Gasteiger partial charge < -0.3 is 20.0 Å². The first-order valence-corrected chi connectivity index (χ1v) is 17.1. The lowest BCUT2D eigenvalue weighted by Gasteiger charge is -2.39. The quantitative estimate of drug-likeness (QED) is 0.173. The number of nitrogens with one attached hydrogen (secondary N) is 2. The maximum Gasteiger partial charge on any atom is 0.337 e. The number of esters is 1. The van der Waals surface area contributed by atoms with Crippen molar-refractivity contribution in [3.05, 3.63) is 59.2 Å². The number of anilines is 1. The first kappa shape index (κ1) is 30.8. The average molecular weight is 551 g/mol. The Morgan fingerprint density at radius 1 is 1.11 bits per heavy atom. The predicted molar refractivity (Wildman–Crippen MR) is 151 cm³/mol. The summed E-state index contributed by atoms with van der Waals surface area (Å²) in [6.45, 7) is 12.7. The molecule has 4 N–H and O–H groups in total. The molecule has 0 bridgehead atoms. The van der Waals surface area contributed by atoms with Gasteiger partial charge in [-0.25, -0.2) is 13.2 Å². The van der Waals surface area contributed by atoms with Crippen molar-refractivity contribution >= 4 is 30.0 Å². The fraction of sp³-hybridized carbons (Fsp3) is 0.519. The van der Waals surface area contributed by atoms with Gasteiger partial charge in [-0.05, 0) is 86.1 Å². The molecule has 0 amide bonds. The molecule has 0 aliphatic carbocycles. The summed E-state index contributed by atoms with van der Waals surface area (Å²) in [5.41, 5.74) is 2.13. The number of phenols is 1. The van der Waals surface area contributed by atoms with Crippen LogP contribution in [0.5, 0.6) is 5.75 Å². The van der Waals surface area contributed by atoms with E-state index < -0.39 is 18.3 Å². The van der Waals surface area contributed by atoms with Gasteiger partial charge in [0.2, 0.25) is 10.0 Å². The number of sulfonamides is 1. The summed E-state index contributed by atoms with van der Waals surface area (Å²) in [6, 6.07) is 12.3. The van der Waals surface area contributed by atoms with Crippen molar-refractivity contribution in [1.82, 2.24) is 5.32 Å². The zero-order chi connectivity index (χ0) is 28.2. The number of rotatable bonds is 12. The van der Waals surface area contributed by atoms with Crippen molar-refractivity contribution in [1.29, 1.82) is 0 Å². The topological polar surface area (TPSA) is 125 Å². The molecular weight excluding hydrogens is 508 g/mol. The minimum Gasteiger partial charge on any atom is -0.506 e. The number of hydrogen-bond acceptors (Lipinski definition) is 7. The first-order chi connectivity index (χ1) is 16.8. The van der Waals surface area contributed by atoms with Gasteiger partial charge in [0, 0.05) is 12.1 Å². The van der Waals surface area contributed by atoms with Crippen LogP contribution in [0.2, 0.25) is 18.1 Å². The molecular formula is C27H42N2O6SSi. The van der Waals surface area contributed by atoms with Gasteiger partial charge in [0.25, 0.3) is 0 Å². The lowest BCUT2D eigenvalue weighted by Crippen LogP contribution is -2.45. The number of phenolic OH excluding ortho intramolecular Hbond substituents is 1. The van der Waals surface area contributed by atoms with Crippen molar-refractivity contribution in [2.75, 3.05) is 24.6 Å². The van der Waals surface area contributed by atoms with E-state index in [9.17, 15) is 23.1 Å². The van der Waals surface area contributed by atoms with Crippen molar-refractivity contribution in [3.8, 4) is 5.75 Å². The fourth-order valence-corrected chi connectivity index (χ4v) is 5.47. The second kappa shape index (κ2) is 11.5. The summed E-state index contributed by atoms with van der Waals surface area (Å²) in [5, 5.41) is 13.5. The molecule has 1 atom stereocenters. The lowest BCUT2D eigenvalue weighted by atomic mass is 9.87. The van der Waals surface area contributed by atoms with Gasteiger partial charge in [-0.15, -0.1) is 0 Å². The summed E-state index contributed by atoms with van der Waals surface area (Å²) < 4.78 is 30.9. The summed E-state index contributed by atoms with van der Waals surface area (Å²) in [4.78, 5) is 22.9. The number of aromatic hydroxyl groups is 1. The molecule has 0 unspecified atom stereocenters. The molecule has 0 radical (unpaired) electrons. The highest BCUT2D eigenvalue weighted by Gasteiger charge is 2.40. The zero-order valence-corrected chi connectivity index (χ0v) is 25.0. The molecule has 8 nitrogen and oxygen atoms in total. The van der Waals surface area contributed by atoms with E-state index in [1.165, 1.54) is 13.2 Å². The Morgan fingerprint density at radius 2 is 1.76 bits per heavy atom. The van der Waals surface area contributed by atoms with Crippen LogP contribution in [-0.2, 0) is 21.2 Å². The van der Waals surface area contributed by atoms with E-state index in [0.29, 0.717) is 24.9 Å². The Balaban J connectivity index is 2.34. The second-order valence-corrected chi connectivity index (χ2v) is 17.8. The third kappa shape index (κ3) is 9.13. The van der Waals surface area contributed by atoms with Gasteiger partial charge in [-0.2, -0.15) is 0 Å². The molecule has 2 rings (SSSR count). The van der Waals surface area contributed by atoms with Gasteiger partial charge >= 0.3 is 5.97 Å². The molecule has 206 valence electrons. The maximum atomic E-state index is 11.9. The van der Waals surface area contributed by atoms with Crippen LogP contribution in [0.4, 0.5) is 5.69 Å². The van der Waals surface area contributed by atoms with Crippen molar-refractivity contribution in [2.45, 2.75) is 70.1 Å². The molecule has 10 heteroatoms. The molecule has 0 saturated heterocycles. The van der Waals surface area contributed by atoms with Crippen LogP contribution in [0.15, 0.2) is 42.5 Å². The third-order valence-corrected chi connectivity index (χ3v) is 11.1. The van der Waals surface area contributed by atoms with Gasteiger partial charge in [-0.3, -0.25) is 4.72 Å². The molecule has 0 aromatic heterocycles. The van der Waals surface area contributed by atoms with Crippen LogP contribution in [0.1, 0.15) is 61.5 Å². The SMILES string of the molecule is COC(=O)c1cccc(CC(C)(C)NC[C@H](CC(C)(C)[Si](C)(C)O)c2ccc(O)c(NS(C)(=O)=O)c2)c1. The number of hydrogen-bond donors (Lipinski definition) is 4. The van der Waals surface area contributed by atoms with Crippen LogP contribution >= 0.6 is 0 Å². The lowest BCUT2D eigenvalue weighted by molar-refractivity contribution is 0.0600. The highest BCUT2D eigenvalue weighted by atomic mass is 32.2. The maximum absolute atomic E-state index is 11.9. The first-order valence-electron chi connectivity index (χ1n) is 12.3. The highest BCUT2D eigenvalue weighted by Crippen LogP contribution is 2.45. The summed E-state index contributed by atoms with van der Waals surface area (Å²) >= 11 is 0. The standard InChI is InChI=1S/C27H42N2O6SSi/c1-26(2,16-19-10-9-11-21(14-19)25(31)35-5)28-18-22(17-27(3,4)37(7,8)34)20-12-13-24(30)23(15-20)29-36(6,32)33/h9-15,22,28-30,34H,16-18H2,1-8H3/t22-/m0/s1. The Labute approximate surface area is 222 Å². The zero-order valence-electron chi connectivity index (χ0n) is 23.2. The average Bonchev–Trinajstić information content (AvgIpc) is 2.75. The van der Waals surface area contributed by atoms with Crippen molar-refractivity contribution in [2.24, 2.45) is 0 Å². The number of carbonyl (C=O) groups excluding carboxylic acids is 1. The van der Waals surface area contributed by atoms with E-state index in [0.717, 1.165) is 17.4 Å². The Bertz CT molecular complexity index is 1210. The van der Waals surface area contributed by atoms with Crippen molar-refractivity contribution in [3.63, 3.8) is 0 Å². The van der Waals surface area contributed by atoms with Crippen LogP contribution in [0, 0.1) is 0 Å². The molecule has 0 aliphatic rings. The van der Waals surface area contributed by atoms with Crippen LogP contribution in [0.3, 0.4) is 0 Å². The highest BCUT2D eigenvalue weighted by molar-refractivity contribution is 7.92. The fourth-order valence-electron chi connectivity index (χ4n) is 4.16. The van der Waals surface area contributed by atoms with Crippen LogP contribution < -0.4 is 10.0 Å². The summed E-state index contributed by atoms with van der Waals surface area (Å²) in [6.07, 6.45) is 2.36. The van der Waals surface area contributed by atoms with Gasteiger partial charge in [0.15, 0.2) is 8.32 Å². The van der Waals surface area contributed by atoms with Gasteiger partial charge in [-0.1, -0.05) is 32.0 Å². The summed E-state index contributed by atoms with van der Waals surface area (Å²) in [5.74, 6) is -0.602. The monoisotopic (exact) mass is 550 g/mol. The van der Waals surface area contributed by atoms with E-state index in [1.54, 1.807) is 18.2 Å². The Kier molecular flexibility index (Phi) is 9.62. The van der Waals surface area contributed by atoms with Crippen molar-refractivity contribution < 1.29 is 27.9 Å². The molecule has 0 saturated carbocycles. The largest absolute Gasteiger partial charge is 0.506 e.